The van der Waals surface area contributed by atoms with Gasteiger partial charge in [-0.1, -0.05) is 31.1 Å². The molecule has 0 aliphatic carbocycles. The highest BCUT2D eigenvalue weighted by Gasteiger charge is 2.30. The zero-order valence-corrected chi connectivity index (χ0v) is 18.6. The van der Waals surface area contributed by atoms with Crippen LogP contribution in [-0.4, -0.2) is 26.1 Å². The molecular weight excluding hydrogens is 441 g/mol. The van der Waals surface area contributed by atoms with E-state index in [1.165, 1.54) is 29.5 Å². The zero-order valence-electron chi connectivity index (χ0n) is 17.7. The van der Waals surface area contributed by atoms with Gasteiger partial charge >= 0.3 is 6.18 Å². The Kier molecular flexibility index (Phi) is 6.78. The van der Waals surface area contributed by atoms with Crippen molar-refractivity contribution in [3.8, 4) is 22.1 Å². The minimum atomic E-state index is -4.40. The summed E-state index contributed by atoms with van der Waals surface area (Å²) in [6.45, 7) is 5.63. The molecule has 0 saturated carbocycles. The molecule has 0 amide bonds. The van der Waals surface area contributed by atoms with E-state index < -0.39 is 11.7 Å². The summed E-state index contributed by atoms with van der Waals surface area (Å²) in [5, 5.41) is 33.3. The van der Waals surface area contributed by atoms with E-state index in [1.54, 1.807) is 13.0 Å². The molecule has 0 bridgehead atoms. The number of oxime groups is 1. The lowest BCUT2D eigenvalue weighted by atomic mass is 10.00. The van der Waals surface area contributed by atoms with E-state index in [9.17, 15) is 28.6 Å². The Hall–Kier alpha value is -3.07. The molecule has 5 nitrogen and oxygen atoms in total. The van der Waals surface area contributed by atoms with Crippen molar-refractivity contribution in [2.75, 3.05) is 0 Å². The number of aromatic hydroxyl groups is 2. The second-order valence-corrected chi connectivity index (χ2v) is 8.84. The summed E-state index contributed by atoms with van der Waals surface area (Å²) in [4.78, 5) is 5.57. The molecule has 0 radical (unpaired) electrons. The molecule has 3 rings (SSSR count). The second-order valence-electron chi connectivity index (χ2n) is 7.76. The van der Waals surface area contributed by atoms with E-state index in [-0.39, 0.29) is 23.1 Å². The summed E-state index contributed by atoms with van der Waals surface area (Å²) in [5.41, 5.74) is 1.82. The van der Waals surface area contributed by atoms with Gasteiger partial charge in [0.2, 0.25) is 0 Å². The number of aryl methyl sites for hydroxylation is 2. The second kappa shape index (κ2) is 9.20. The average molecular weight is 465 g/mol. The van der Waals surface area contributed by atoms with Gasteiger partial charge in [-0.05, 0) is 49.4 Å². The number of thiazole rings is 1. The van der Waals surface area contributed by atoms with Crippen LogP contribution in [0.4, 0.5) is 13.2 Å². The fourth-order valence-electron chi connectivity index (χ4n) is 3.31. The molecule has 0 fully saturated rings. The van der Waals surface area contributed by atoms with Crippen LogP contribution in [0.15, 0.2) is 41.6 Å². The molecule has 0 aliphatic heterocycles. The van der Waals surface area contributed by atoms with Gasteiger partial charge in [0.25, 0.3) is 0 Å². The van der Waals surface area contributed by atoms with Crippen molar-refractivity contribution in [3.63, 3.8) is 0 Å². The Bertz CT molecular complexity index is 1140. The number of alkyl halides is 3. The maximum absolute atomic E-state index is 12.8. The fourth-order valence-corrected chi connectivity index (χ4v) is 4.53. The van der Waals surface area contributed by atoms with E-state index in [0.717, 1.165) is 22.7 Å². The SMILES string of the molecule is Cc1cc(C(CCc2sc(-c3ccc(C(F)(F)F)cc3)nc2C(C)C)=NO)c(O)cc1O. The standard InChI is InChI=1S/C23H23F3N2O3S/c1-12(2)21-20(9-8-17(28-31)16-10-13(3)18(29)11-19(16)30)32-22(27-21)14-4-6-15(7-5-14)23(24,25)26/h4-7,10-12,29-31H,8-9H2,1-3H3. The van der Waals surface area contributed by atoms with E-state index in [4.69, 9.17) is 0 Å². The molecule has 9 heteroatoms. The van der Waals surface area contributed by atoms with Crippen LogP contribution in [-0.2, 0) is 12.6 Å². The molecule has 170 valence electrons. The van der Waals surface area contributed by atoms with Gasteiger partial charge < -0.3 is 15.4 Å². The van der Waals surface area contributed by atoms with E-state index in [1.807, 2.05) is 13.8 Å². The summed E-state index contributed by atoms with van der Waals surface area (Å²) in [6, 6.07) is 7.64. The predicted molar refractivity (Wildman–Crippen MR) is 118 cm³/mol. The first-order valence-electron chi connectivity index (χ1n) is 9.92. The van der Waals surface area contributed by atoms with E-state index in [0.29, 0.717) is 34.5 Å². The Morgan fingerprint density at radius 2 is 1.75 bits per heavy atom. The molecule has 3 aromatic rings. The zero-order chi connectivity index (χ0) is 23.6. The summed E-state index contributed by atoms with van der Waals surface area (Å²) in [6.07, 6.45) is -3.64. The number of hydrogen-bond donors (Lipinski definition) is 3. The smallest absolute Gasteiger partial charge is 0.416 e. The monoisotopic (exact) mass is 464 g/mol. The van der Waals surface area contributed by atoms with Crippen LogP contribution in [0, 0.1) is 6.92 Å². The van der Waals surface area contributed by atoms with Gasteiger partial charge in [-0.25, -0.2) is 4.98 Å². The number of halogens is 3. The third-order valence-corrected chi connectivity index (χ3v) is 6.25. The first kappa shape index (κ1) is 23.6. The third kappa shape index (κ3) is 5.04. The van der Waals surface area contributed by atoms with Crippen molar-refractivity contribution in [1.29, 1.82) is 0 Å². The number of phenols is 2. The Labute approximate surface area is 187 Å². The largest absolute Gasteiger partial charge is 0.508 e. The van der Waals surface area contributed by atoms with Gasteiger partial charge in [-0.2, -0.15) is 13.2 Å². The van der Waals surface area contributed by atoms with Crippen molar-refractivity contribution in [2.24, 2.45) is 5.16 Å². The summed E-state index contributed by atoms with van der Waals surface area (Å²) in [5.74, 6) is -0.169. The minimum absolute atomic E-state index is 0.0609. The molecule has 0 aliphatic rings. The lowest BCUT2D eigenvalue weighted by Gasteiger charge is -2.10. The Morgan fingerprint density at radius 3 is 2.31 bits per heavy atom. The Morgan fingerprint density at radius 1 is 1.09 bits per heavy atom. The number of hydrogen-bond acceptors (Lipinski definition) is 6. The lowest BCUT2D eigenvalue weighted by Crippen LogP contribution is -2.05. The fraction of sp³-hybridized carbons (Fsp3) is 0.304. The van der Waals surface area contributed by atoms with Crippen molar-refractivity contribution in [1.82, 2.24) is 4.98 Å². The molecule has 32 heavy (non-hydrogen) atoms. The van der Waals surface area contributed by atoms with Crippen LogP contribution in [0.1, 0.15) is 53.4 Å². The number of phenolic OH excluding ortho intramolecular Hbond substituents is 2. The number of benzene rings is 2. The number of aromatic nitrogens is 1. The van der Waals surface area contributed by atoms with Gasteiger partial charge in [-0.15, -0.1) is 11.3 Å². The molecule has 0 unspecified atom stereocenters. The Balaban J connectivity index is 1.87. The van der Waals surface area contributed by atoms with Crippen LogP contribution in [0.3, 0.4) is 0 Å². The molecule has 0 spiro atoms. The van der Waals surface area contributed by atoms with Crippen LogP contribution in [0.25, 0.3) is 10.6 Å². The molecule has 1 aromatic heterocycles. The first-order chi connectivity index (χ1) is 15.0. The quantitative estimate of drug-likeness (QED) is 0.221. The van der Waals surface area contributed by atoms with Gasteiger partial charge in [-0.3, -0.25) is 0 Å². The van der Waals surface area contributed by atoms with Crippen molar-refractivity contribution in [2.45, 2.75) is 45.7 Å². The number of nitrogens with zero attached hydrogens (tertiary/aromatic N) is 2. The highest BCUT2D eigenvalue weighted by molar-refractivity contribution is 7.15. The maximum Gasteiger partial charge on any atom is 0.416 e. The molecule has 3 N–H and O–H groups in total. The van der Waals surface area contributed by atoms with Crippen LogP contribution in [0.5, 0.6) is 11.5 Å². The molecule has 1 heterocycles. The number of rotatable bonds is 6. The van der Waals surface area contributed by atoms with Gasteiger partial charge in [0.05, 0.1) is 17.0 Å². The van der Waals surface area contributed by atoms with Crippen molar-refractivity contribution in [3.05, 3.63) is 63.7 Å². The van der Waals surface area contributed by atoms with Crippen molar-refractivity contribution >= 4 is 17.0 Å². The summed E-state index contributed by atoms with van der Waals surface area (Å²) < 4.78 is 38.5. The molecule has 0 atom stereocenters. The first-order valence-corrected chi connectivity index (χ1v) is 10.7. The minimum Gasteiger partial charge on any atom is -0.508 e. The highest BCUT2D eigenvalue weighted by atomic mass is 32.1. The maximum atomic E-state index is 12.8. The normalized spacial score (nSPS) is 12.5. The van der Waals surface area contributed by atoms with Gasteiger partial charge in [0.1, 0.15) is 16.5 Å². The topological polar surface area (TPSA) is 85.9 Å². The van der Waals surface area contributed by atoms with E-state index >= 15 is 0 Å². The van der Waals surface area contributed by atoms with Gasteiger partial charge in [0.15, 0.2) is 0 Å². The highest BCUT2D eigenvalue weighted by Crippen LogP contribution is 2.36. The van der Waals surface area contributed by atoms with Crippen LogP contribution in [0.2, 0.25) is 0 Å². The van der Waals surface area contributed by atoms with Crippen LogP contribution >= 0.6 is 11.3 Å². The van der Waals surface area contributed by atoms with Gasteiger partial charge in [0, 0.05) is 22.1 Å². The van der Waals surface area contributed by atoms with Crippen LogP contribution < -0.4 is 0 Å². The average Bonchev–Trinajstić information content (AvgIpc) is 3.16. The molecule has 0 saturated heterocycles. The lowest BCUT2D eigenvalue weighted by molar-refractivity contribution is -0.137. The third-order valence-electron chi connectivity index (χ3n) is 5.07. The molecule has 2 aromatic carbocycles. The molecular formula is C23H23F3N2O3S. The summed E-state index contributed by atoms with van der Waals surface area (Å²) in [7, 11) is 0. The summed E-state index contributed by atoms with van der Waals surface area (Å²) >= 11 is 1.38. The van der Waals surface area contributed by atoms with Crippen molar-refractivity contribution < 1.29 is 28.6 Å². The van der Waals surface area contributed by atoms with E-state index in [2.05, 4.69) is 10.1 Å². The predicted octanol–water partition coefficient (Wildman–Crippen LogP) is 6.48.